The fraction of sp³-hybridized carbons (Fsp3) is 0.765. The quantitative estimate of drug-likeness (QED) is 0.902. The summed E-state index contributed by atoms with van der Waals surface area (Å²) in [5, 5.41) is 3.54. The van der Waals surface area contributed by atoms with E-state index in [2.05, 4.69) is 42.1 Å². The Hall–Kier alpha value is -0.840. The largest absolute Gasteiger partial charge is 0.463 e. The van der Waals surface area contributed by atoms with Gasteiger partial charge in [-0.1, -0.05) is 0 Å². The molecule has 1 aliphatic carbocycles. The molecule has 1 unspecified atom stereocenters. The molecule has 118 valence electrons. The standard InChI is InChI=1S/C17H29N3O/c1-13-9-16(21-17(13)10-18-15-5-6-15)12-20-8-4-7-19(3)11-14(20)2/h9,14-15,18H,4-8,10-12H2,1-3H3. The van der Waals surface area contributed by atoms with Gasteiger partial charge < -0.3 is 14.6 Å². The Kier molecular flexibility index (Phi) is 4.67. The Morgan fingerprint density at radius 3 is 2.90 bits per heavy atom. The Labute approximate surface area is 128 Å². The highest BCUT2D eigenvalue weighted by molar-refractivity contribution is 5.20. The van der Waals surface area contributed by atoms with E-state index in [1.54, 1.807) is 0 Å². The lowest BCUT2D eigenvalue weighted by molar-refractivity contribution is 0.180. The minimum atomic E-state index is 0.593. The van der Waals surface area contributed by atoms with Crippen LogP contribution in [0.2, 0.25) is 0 Å². The molecular formula is C17H29N3O. The summed E-state index contributed by atoms with van der Waals surface area (Å²) in [5.41, 5.74) is 1.29. The lowest BCUT2D eigenvalue weighted by atomic mass is 10.2. The summed E-state index contributed by atoms with van der Waals surface area (Å²) in [7, 11) is 2.22. The summed E-state index contributed by atoms with van der Waals surface area (Å²) in [6.45, 7) is 9.84. The zero-order valence-corrected chi connectivity index (χ0v) is 13.7. The molecule has 1 N–H and O–H groups in total. The molecule has 2 heterocycles. The van der Waals surface area contributed by atoms with Crippen LogP contribution < -0.4 is 5.32 Å². The third-order valence-electron chi connectivity index (χ3n) is 4.74. The summed E-state index contributed by atoms with van der Waals surface area (Å²) in [4.78, 5) is 4.99. The molecule has 2 aliphatic rings. The average molecular weight is 291 g/mol. The fourth-order valence-corrected chi connectivity index (χ4v) is 3.23. The highest BCUT2D eigenvalue weighted by Crippen LogP contribution is 2.22. The first-order valence-electron chi connectivity index (χ1n) is 8.36. The van der Waals surface area contributed by atoms with Crippen LogP contribution in [-0.4, -0.2) is 48.6 Å². The highest BCUT2D eigenvalue weighted by Gasteiger charge is 2.23. The highest BCUT2D eigenvalue weighted by atomic mass is 16.3. The van der Waals surface area contributed by atoms with Crippen LogP contribution in [0.25, 0.3) is 0 Å². The molecule has 0 radical (unpaired) electrons. The Morgan fingerprint density at radius 2 is 2.14 bits per heavy atom. The van der Waals surface area contributed by atoms with Crippen molar-refractivity contribution in [2.45, 2.75) is 58.3 Å². The van der Waals surface area contributed by atoms with Gasteiger partial charge in [-0.05, 0) is 58.3 Å². The molecule has 1 aromatic rings. The van der Waals surface area contributed by atoms with Gasteiger partial charge in [0.2, 0.25) is 0 Å². The zero-order chi connectivity index (χ0) is 14.8. The van der Waals surface area contributed by atoms with E-state index in [1.807, 2.05) is 0 Å². The second kappa shape index (κ2) is 6.51. The van der Waals surface area contributed by atoms with Crippen LogP contribution in [0.4, 0.5) is 0 Å². The maximum atomic E-state index is 6.09. The number of likely N-dealkylation sites (N-methyl/N-ethyl adjacent to an activating group) is 1. The van der Waals surface area contributed by atoms with Gasteiger partial charge in [0.1, 0.15) is 11.5 Å². The molecule has 1 saturated carbocycles. The van der Waals surface area contributed by atoms with Gasteiger partial charge in [0.25, 0.3) is 0 Å². The van der Waals surface area contributed by atoms with Crippen LogP contribution >= 0.6 is 0 Å². The molecule has 1 atom stereocenters. The molecule has 1 aromatic heterocycles. The van der Waals surface area contributed by atoms with Crippen LogP contribution in [0.3, 0.4) is 0 Å². The Bertz CT molecular complexity index is 467. The molecule has 0 bridgehead atoms. The van der Waals surface area contributed by atoms with E-state index in [0.29, 0.717) is 6.04 Å². The van der Waals surface area contributed by atoms with Gasteiger partial charge >= 0.3 is 0 Å². The van der Waals surface area contributed by atoms with Crippen molar-refractivity contribution >= 4 is 0 Å². The molecule has 0 spiro atoms. The van der Waals surface area contributed by atoms with E-state index in [1.165, 1.54) is 37.9 Å². The number of aryl methyl sites for hydroxylation is 1. The topological polar surface area (TPSA) is 31.6 Å². The number of rotatable bonds is 5. The second-order valence-electron chi connectivity index (χ2n) is 6.91. The van der Waals surface area contributed by atoms with Crippen LogP contribution in [0.1, 0.15) is 43.3 Å². The molecule has 0 aromatic carbocycles. The second-order valence-corrected chi connectivity index (χ2v) is 6.91. The van der Waals surface area contributed by atoms with E-state index in [4.69, 9.17) is 4.42 Å². The van der Waals surface area contributed by atoms with Gasteiger partial charge in [0, 0.05) is 25.2 Å². The minimum Gasteiger partial charge on any atom is -0.463 e. The predicted molar refractivity (Wildman–Crippen MR) is 85.3 cm³/mol. The van der Waals surface area contributed by atoms with E-state index >= 15 is 0 Å². The van der Waals surface area contributed by atoms with Crippen molar-refractivity contribution in [2.24, 2.45) is 0 Å². The smallest absolute Gasteiger partial charge is 0.120 e. The Morgan fingerprint density at radius 1 is 1.33 bits per heavy atom. The van der Waals surface area contributed by atoms with Crippen LogP contribution in [0, 0.1) is 6.92 Å². The van der Waals surface area contributed by atoms with Crippen LogP contribution in [0.15, 0.2) is 10.5 Å². The third kappa shape index (κ3) is 4.09. The molecule has 1 aliphatic heterocycles. The number of hydrogen-bond donors (Lipinski definition) is 1. The predicted octanol–water partition coefficient (Wildman–Crippen LogP) is 2.37. The van der Waals surface area contributed by atoms with Gasteiger partial charge in [-0.3, -0.25) is 4.90 Å². The molecule has 1 saturated heterocycles. The molecule has 2 fully saturated rings. The minimum absolute atomic E-state index is 0.593. The lowest BCUT2D eigenvalue weighted by Gasteiger charge is -2.26. The first kappa shape index (κ1) is 15.1. The summed E-state index contributed by atoms with van der Waals surface area (Å²) in [6.07, 6.45) is 3.90. The number of furan rings is 1. The van der Waals surface area contributed by atoms with Crippen molar-refractivity contribution in [3.05, 3.63) is 23.2 Å². The summed E-state index contributed by atoms with van der Waals surface area (Å²) < 4.78 is 6.09. The van der Waals surface area contributed by atoms with Crippen LogP contribution in [0.5, 0.6) is 0 Å². The first-order chi connectivity index (χ1) is 10.1. The lowest BCUT2D eigenvalue weighted by Crippen LogP contribution is -2.37. The summed E-state index contributed by atoms with van der Waals surface area (Å²) in [6, 6.07) is 3.56. The van der Waals surface area contributed by atoms with E-state index in [-0.39, 0.29) is 0 Å². The SMILES string of the molecule is Cc1cc(CN2CCCN(C)CC2C)oc1CNC1CC1. The van der Waals surface area contributed by atoms with Gasteiger partial charge in [-0.15, -0.1) is 0 Å². The van der Waals surface area contributed by atoms with Gasteiger partial charge in [0.15, 0.2) is 0 Å². The molecule has 4 heteroatoms. The fourth-order valence-electron chi connectivity index (χ4n) is 3.23. The molecule has 21 heavy (non-hydrogen) atoms. The van der Waals surface area contributed by atoms with E-state index in [0.717, 1.165) is 37.2 Å². The van der Waals surface area contributed by atoms with Gasteiger partial charge in [-0.2, -0.15) is 0 Å². The molecular weight excluding hydrogens is 262 g/mol. The van der Waals surface area contributed by atoms with Crippen molar-refractivity contribution < 1.29 is 4.42 Å². The third-order valence-corrected chi connectivity index (χ3v) is 4.74. The molecule has 0 amide bonds. The van der Waals surface area contributed by atoms with Crippen molar-refractivity contribution in [3.8, 4) is 0 Å². The zero-order valence-electron chi connectivity index (χ0n) is 13.7. The van der Waals surface area contributed by atoms with E-state index in [9.17, 15) is 0 Å². The molecule has 3 rings (SSSR count). The van der Waals surface area contributed by atoms with Crippen LogP contribution in [-0.2, 0) is 13.1 Å². The van der Waals surface area contributed by atoms with Crippen molar-refractivity contribution in [2.75, 3.05) is 26.7 Å². The van der Waals surface area contributed by atoms with Gasteiger partial charge in [0.05, 0.1) is 13.1 Å². The number of nitrogens with zero attached hydrogens (tertiary/aromatic N) is 2. The summed E-state index contributed by atoms with van der Waals surface area (Å²) in [5.74, 6) is 2.24. The normalized spacial score (nSPS) is 25.2. The van der Waals surface area contributed by atoms with Crippen molar-refractivity contribution in [1.82, 2.24) is 15.1 Å². The molecule has 4 nitrogen and oxygen atoms in total. The maximum Gasteiger partial charge on any atom is 0.120 e. The maximum absolute atomic E-state index is 6.09. The summed E-state index contributed by atoms with van der Waals surface area (Å²) >= 11 is 0. The first-order valence-corrected chi connectivity index (χ1v) is 8.36. The van der Waals surface area contributed by atoms with Gasteiger partial charge in [-0.25, -0.2) is 0 Å². The average Bonchev–Trinajstić information content (AvgIpc) is 3.20. The van der Waals surface area contributed by atoms with Crippen molar-refractivity contribution in [3.63, 3.8) is 0 Å². The Balaban J connectivity index is 1.59. The monoisotopic (exact) mass is 291 g/mol. The van der Waals surface area contributed by atoms with Crippen molar-refractivity contribution in [1.29, 1.82) is 0 Å². The number of hydrogen-bond acceptors (Lipinski definition) is 4. The van der Waals surface area contributed by atoms with E-state index < -0.39 is 0 Å². The number of nitrogens with one attached hydrogen (secondary N) is 1.